The summed E-state index contributed by atoms with van der Waals surface area (Å²) in [4.78, 5) is 26.5. The zero-order valence-electron chi connectivity index (χ0n) is 20.3. The monoisotopic (exact) mass is 440 g/mol. The van der Waals surface area contributed by atoms with Crippen LogP contribution in [0.1, 0.15) is 94.4 Å². The Hall–Kier alpha value is -2.14. The summed E-state index contributed by atoms with van der Waals surface area (Å²) in [5.74, 6) is 0.181. The minimum atomic E-state index is -0.890. The lowest BCUT2D eigenvalue weighted by Crippen LogP contribution is -2.40. The zero-order chi connectivity index (χ0) is 23.3. The first-order valence-electron chi connectivity index (χ1n) is 12.0. The number of benzene rings is 1. The van der Waals surface area contributed by atoms with E-state index in [9.17, 15) is 9.59 Å². The molecule has 174 valence electrons. The van der Waals surface area contributed by atoms with E-state index < -0.39 is 11.0 Å². The van der Waals surface area contributed by atoms with E-state index >= 15 is 0 Å². The van der Waals surface area contributed by atoms with Gasteiger partial charge in [-0.15, -0.1) is 0 Å². The summed E-state index contributed by atoms with van der Waals surface area (Å²) in [5.41, 5.74) is 3.34. The van der Waals surface area contributed by atoms with E-state index in [4.69, 9.17) is 14.2 Å². The molecule has 5 heteroatoms. The highest BCUT2D eigenvalue weighted by atomic mass is 16.6. The second-order valence-corrected chi connectivity index (χ2v) is 10.7. The molecule has 0 radical (unpaired) electrons. The molecule has 0 amide bonds. The molecule has 0 aromatic heterocycles. The molecule has 2 aliphatic carbocycles. The maximum Gasteiger partial charge on any atom is 0.343 e. The summed E-state index contributed by atoms with van der Waals surface area (Å²) in [6.07, 6.45) is 5.90. The molecule has 0 bridgehead atoms. The molecule has 3 aliphatic rings. The van der Waals surface area contributed by atoms with Crippen LogP contribution < -0.4 is 0 Å². The van der Waals surface area contributed by atoms with E-state index in [0.29, 0.717) is 30.1 Å². The first-order chi connectivity index (χ1) is 15.1. The third-order valence-corrected chi connectivity index (χ3v) is 7.06. The van der Waals surface area contributed by atoms with E-state index in [1.165, 1.54) is 11.1 Å². The van der Waals surface area contributed by atoms with Gasteiger partial charge in [0.2, 0.25) is 0 Å². The maximum absolute atomic E-state index is 13.5. The molecule has 0 atom stereocenters. The van der Waals surface area contributed by atoms with Crippen molar-refractivity contribution >= 4 is 17.5 Å². The Morgan fingerprint density at radius 1 is 1.16 bits per heavy atom. The lowest BCUT2D eigenvalue weighted by atomic mass is 9.79. The van der Waals surface area contributed by atoms with Crippen LogP contribution in [0.4, 0.5) is 0 Å². The Kier molecular flexibility index (Phi) is 6.00. The lowest BCUT2D eigenvalue weighted by molar-refractivity contribution is -0.161. The van der Waals surface area contributed by atoms with Crippen molar-refractivity contribution in [2.75, 3.05) is 7.11 Å². The van der Waals surface area contributed by atoms with E-state index in [0.717, 1.165) is 43.2 Å². The minimum absolute atomic E-state index is 0.135. The normalized spacial score (nSPS) is 25.9. The molecule has 0 unspecified atom stereocenters. The Balaban J connectivity index is 1.90. The van der Waals surface area contributed by atoms with Crippen LogP contribution in [0.25, 0.3) is 5.57 Å². The average Bonchev–Trinajstić information content (AvgIpc) is 3.55. The predicted molar refractivity (Wildman–Crippen MR) is 123 cm³/mol. The average molecular weight is 441 g/mol. The van der Waals surface area contributed by atoms with Gasteiger partial charge in [-0.25, -0.2) is 4.79 Å². The van der Waals surface area contributed by atoms with Gasteiger partial charge in [-0.3, -0.25) is 4.79 Å². The molecule has 32 heavy (non-hydrogen) atoms. The molecule has 0 N–H and O–H groups in total. The largest absolute Gasteiger partial charge is 0.447 e. The van der Waals surface area contributed by atoms with E-state index in [1.807, 2.05) is 20.8 Å². The summed E-state index contributed by atoms with van der Waals surface area (Å²) in [5, 5.41) is 0. The van der Waals surface area contributed by atoms with Gasteiger partial charge in [0.25, 0.3) is 0 Å². The molecule has 1 spiro atoms. The van der Waals surface area contributed by atoms with Gasteiger partial charge in [0, 0.05) is 7.11 Å². The molecule has 2 fully saturated rings. The Bertz CT molecular complexity index is 953. The van der Waals surface area contributed by atoms with Gasteiger partial charge in [0.15, 0.2) is 11.4 Å². The van der Waals surface area contributed by atoms with Crippen molar-refractivity contribution in [3.05, 3.63) is 40.1 Å². The molecule has 5 nitrogen and oxygen atoms in total. The molecule has 1 aromatic carbocycles. The van der Waals surface area contributed by atoms with Crippen LogP contribution in [0.2, 0.25) is 0 Å². The van der Waals surface area contributed by atoms with Crippen LogP contribution in [0.3, 0.4) is 0 Å². The highest BCUT2D eigenvalue weighted by Crippen LogP contribution is 2.52. The number of esters is 2. The molecular weight excluding hydrogens is 404 g/mol. The van der Waals surface area contributed by atoms with Crippen LogP contribution in [-0.2, 0) is 30.2 Å². The second kappa shape index (κ2) is 8.33. The highest BCUT2D eigenvalue weighted by Gasteiger charge is 2.53. The summed E-state index contributed by atoms with van der Waals surface area (Å²) in [7, 11) is 1.72. The van der Waals surface area contributed by atoms with Crippen molar-refractivity contribution in [1.82, 2.24) is 0 Å². The summed E-state index contributed by atoms with van der Waals surface area (Å²) < 4.78 is 17.8. The van der Waals surface area contributed by atoms with Gasteiger partial charge in [-0.05, 0) is 95.2 Å². The van der Waals surface area contributed by atoms with Crippen LogP contribution in [0.15, 0.2) is 17.9 Å². The first kappa shape index (κ1) is 23.0. The van der Waals surface area contributed by atoms with Crippen LogP contribution in [-0.4, -0.2) is 30.8 Å². The van der Waals surface area contributed by atoms with Gasteiger partial charge >= 0.3 is 11.9 Å². The van der Waals surface area contributed by atoms with Crippen molar-refractivity contribution < 1.29 is 23.8 Å². The number of carbonyl (C=O) groups is 2. The van der Waals surface area contributed by atoms with Crippen LogP contribution in [0, 0.1) is 12.3 Å². The summed E-state index contributed by atoms with van der Waals surface area (Å²) >= 11 is 0. The van der Waals surface area contributed by atoms with Crippen molar-refractivity contribution in [3.63, 3.8) is 0 Å². The Labute approximate surface area is 191 Å². The fraction of sp³-hybridized carbons (Fsp3) is 0.630. The van der Waals surface area contributed by atoms with Crippen molar-refractivity contribution in [2.24, 2.45) is 5.41 Å². The van der Waals surface area contributed by atoms with Gasteiger partial charge < -0.3 is 14.2 Å². The van der Waals surface area contributed by atoms with Gasteiger partial charge in [0.1, 0.15) is 5.57 Å². The smallest absolute Gasteiger partial charge is 0.343 e. The highest BCUT2D eigenvalue weighted by molar-refractivity contribution is 6.21. The number of carbonyl (C=O) groups excluding carboxylic acids is 2. The summed E-state index contributed by atoms with van der Waals surface area (Å²) in [6.45, 7) is 9.71. The van der Waals surface area contributed by atoms with E-state index in [-0.39, 0.29) is 18.0 Å². The first-order valence-corrected chi connectivity index (χ1v) is 12.0. The van der Waals surface area contributed by atoms with Gasteiger partial charge in [-0.2, -0.15) is 0 Å². The Morgan fingerprint density at radius 3 is 2.34 bits per heavy atom. The standard InChI is InChI=1S/C27H36O5/c1-7-17-14-16(2)15-20(18-8-9-18)21(17)22-23(31-25(29)26(3,4)5)27(32-24(22)28)12-10-19(30-6)11-13-27/h14-15,18-19H,7-13H2,1-6H3/t19-,27+. The second-order valence-electron chi connectivity index (χ2n) is 10.7. The lowest BCUT2D eigenvalue weighted by Gasteiger charge is -2.37. The molecule has 1 aliphatic heterocycles. The van der Waals surface area contributed by atoms with Crippen molar-refractivity contribution in [2.45, 2.75) is 97.2 Å². The van der Waals surface area contributed by atoms with Gasteiger partial charge in [-0.1, -0.05) is 24.6 Å². The molecule has 0 saturated heterocycles. The number of hydrogen-bond acceptors (Lipinski definition) is 5. The quantitative estimate of drug-likeness (QED) is 0.556. The maximum atomic E-state index is 13.5. The molecule has 1 heterocycles. The van der Waals surface area contributed by atoms with Crippen LogP contribution >= 0.6 is 0 Å². The topological polar surface area (TPSA) is 61.8 Å². The van der Waals surface area contributed by atoms with Crippen molar-refractivity contribution in [3.8, 4) is 0 Å². The van der Waals surface area contributed by atoms with E-state index in [2.05, 4.69) is 26.0 Å². The predicted octanol–water partition coefficient (Wildman–Crippen LogP) is 5.62. The Morgan fingerprint density at radius 2 is 1.81 bits per heavy atom. The van der Waals surface area contributed by atoms with Crippen LogP contribution in [0.5, 0.6) is 0 Å². The fourth-order valence-corrected chi connectivity index (χ4v) is 5.01. The third kappa shape index (κ3) is 4.12. The number of methoxy groups -OCH3 is 1. The third-order valence-electron chi connectivity index (χ3n) is 7.06. The number of aryl methyl sites for hydroxylation is 2. The van der Waals surface area contributed by atoms with Crippen molar-refractivity contribution in [1.29, 1.82) is 0 Å². The number of hydrogen-bond donors (Lipinski definition) is 0. The number of ether oxygens (including phenoxy) is 3. The fourth-order valence-electron chi connectivity index (χ4n) is 5.01. The minimum Gasteiger partial charge on any atom is -0.447 e. The van der Waals surface area contributed by atoms with E-state index in [1.54, 1.807) is 7.11 Å². The number of rotatable bonds is 5. The zero-order valence-corrected chi connectivity index (χ0v) is 20.3. The molecular formula is C27H36O5. The molecule has 1 aromatic rings. The summed E-state index contributed by atoms with van der Waals surface area (Å²) in [6, 6.07) is 4.35. The molecule has 4 rings (SSSR count). The van der Waals surface area contributed by atoms with Gasteiger partial charge in [0.05, 0.1) is 11.5 Å². The SMILES string of the molecule is CCc1cc(C)cc(C2CC2)c1C1=C(OC(=O)C(C)(C)C)[C@]2(CC[C@H](OC)CC2)OC1=O. The molecule has 2 saturated carbocycles.